The van der Waals surface area contributed by atoms with Gasteiger partial charge in [0.05, 0.1) is 45.5 Å². The Labute approximate surface area is 704 Å². The number of hydrogen-bond acceptors (Lipinski definition) is 17. The van der Waals surface area contributed by atoms with Gasteiger partial charge < -0.3 is 67.8 Å². The number of carbonyl (C=O) groups excluding carboxylic acids is 4. The van der Waals surface area contributed by atoms with E-state index in [1.54, 1.807) is 86.0 Å². The lowest BCUT2D eigenvalue weighted by Crippen LogP contribution is -2.39. The van der Waals surface area contributed by atoms with Crippen molar-refractivity contribution in [1.29, 1.82) is 0 Å². The van der Waals surface area contributed by atoms with E-state index >= 15 is 0 Å². The number of anilines is 8. The number of nitrogens with one attached hydrogen (secondary N) is 13. The van der Waals surface area contributed by atoms with Gasteiger partial charge in [0, 0.05) is 197 Å². The van der Waals surface area contributed by atoms with Crippen LogP contribution < -0.4 is 70.1 Å². The van der Waals surface area contributed by atoms with Crippen LogP contribution in [-0.2, 0) is 0 Å². The van der Waals surface area contributed by atoms with Crippen LogP contribution in [0.25, 0.3) is 67.6 Å². The van der Waals surface area contributed by atoms with Crippen molar-refractivity contribution in [3.63, 3.8) is 0 Å². The van der Waals surface area contributed by atoms with E-state index < -0.39 is 0 Å². The SMILES string of the molecule is CCCNC(=O)c1ccc(Nc2ccc(-c3cc[nH]c(=O)c3)n3ccnc23)cc1.O=C(NC1CC2CCC1C2)c1ccc(Nc2ccc(-c3cc[nH]c(=O)c3)n3ccnc23)cc1.O=C(NC1CCC1)c1ccc(Nc2ccc(-c3cc[nH]c(=O)c3)n3ccnc23)cc1.O=C(NC1CCNC1)c1ccc(Nc2ccc(-c3cc[nH]c(=O)c3)n3ccnc23)cc1. The first kappa shape index (κ1) is 79.9. The van der Waals surface area contributed by atoms with E-state index in [1.165, 1.54) is 25.7 Å². The number of carbonyl (C=O) groups is 4. The molecule has 29 nitrogen and oxygen atoms in total. The van der Waals surface area contributed by atoms with Gasteiger partial charge in [0.15, 0.2) is 22.6 Å². The zero-order valence-electron chi connectivity index (χ0n) is 67.1. The maximum Gasteiger partial charge on any atom is 0.251 e. The summed E-state index contributed by atoms with van der Waals surface area (Å²) in [5, 5.41) is 28.9. The summed E-state index contributed by atoms with van der Waals surface area (Å²) in [4.78, 5) is 125. The summed E-state index contributed by atoms with van der Waals surface area (Å²) in [5.41, 5.74) is 18.5. The minimum absolute atomic E-state index is 0.0111. The lowest BCUT2D eigenvalue weighted by Gasteiger charge is -2.26. The van der Waals surface area contributed by atoms with Crippen LogP contribution in [0.3, 0.4) is 0 Å². The average Bonchev–Trinajstić information content (AvgIpc) is 1.62. The molecule has 4 fully saturated rings. The second kappa shape index (κ2) is 36.4. The number of hydrogen-bond donors (Lipinski definition) is 13. The molecule has 20 rings (SSSR count). The number of H-pyrrole nitrogens is 4. The van der Waals surface area contributed by atoms with Gasteiger partial charge in [-0.25, -0.2) is 19.9 Å². The van der Waals surface area contributed by atoms with E-state index in [4.69, 9.17) is 0 Å². The summed E-state index contributed by atoms with van der Waals surface area (Å²) in [6.07, 6.45) is 31.1. The van der Waals surface area contributed by atoms with Crippen LogP contribution in [0.2, 0.25) is 0 Å². The Morgan fingerprint density at radius 1 is 0.374 bits per heavy atom. The molecule has 12 aromatic heterocycles. The molecule has 4 aliphatic rings. The van der Waals surface area contributed by atoms with Crippen molar-refractivity contribution in [2.24, 2.45) is 11.8 Å². The number of rotatable bonds is 21. The summed E-state index contributed by atoms with van der Waals surface area (Å²) >= 11 is 0. The highest BCUT2D eigenvalue weighted by atomic mass is 16.2. The molecule has 1 aliphatic heterocycles. The maximum atomic E-state index is 12.7. The minimum Gasteiger partial charge on any atom is -0.352 e. The maximum absolute atomic E-state index is 12.7. The number of fused-ring (bicyclic) bond motifs is 6. The first-order valence-corrected chi connectivity index (χ1v) is 41.1. The molecule has 3 saturated carbocycles. The third-order valence-electron chi connectivity index (χ3n) is 22.6. The molecule has 4 unspecified atom stereocenters. The Morgan fingerprint density at radius 3 is 1.01 bits per heavy atom. The first-order chi connectivity index (χ1) is 60.1. The van der Waals surface area contributed by atoms with Gasteiger partial charge in [-0.1, -0.05) is 13.3 Å². The number of benzene rings is 4. The number of nitrogens with zero attached hydrogens (tertiary/aromatic N) is 8. The van der Waals surface area contributed by atoms with Gasteiger partial charge in [-0.15, -0.1) is 0 Å². The van der Waals surface area contributed by atoms with E-state index in [2.05, 4.69) is 87.7 Å². The third-order valence-corrected chi connectivity index (χ3v) is 22.6. The summed E-state index contributed by atoms with van der Waals surface area (Å²) in [6, 6.07) is 59.8. The molecule has 13 heterocycles. The Hall–Kier alpha value is -15.5. The Morgan fingerprint density at radius 2 is 0.715 bits per heavy atom. The van der Waals surface area contributed by atoms with Gasteiger partial charge >= 0.3 is 0 Å². The number of aromatic amines is 4. The Kier molecular flexibility index (Phi) is 23.6. The second-order valence-electron chi connectivity index (χ2n) is 30.9. The zero-order valence-corrected chi connectivity index (χ0v) is 67.1. The molecule has 618 valence electrons. The van der Waals surface area contributed by atoms with E-state index in [0.717, 1.165) is 164 Å². The van der Waals surface area contributed by atoms with Gasteiger partial charge in [0.1, 0.15) is 0 Å². The van der Waals surface area contributed by atoms with Crippen molar-refractivity contribution in [2.45, 2.75) is 82.8 Å². The van der Waals surface area contributed by atoms with Gasteiger partial charge in [0.2, 0.25) is 22.2 Å². The van der Waals surface area contributed by atoms with Crippen molar-refractivity contribution in [1.82, 2.24) is 84.1 Å². The highest BCUT2D eigenvalue weighted by molar-refractivity contribution is 5.97. The fourth-order valence-corrected chi connectivity index (χ4v) is 16.1. The fourth-order valence-electron chi connectivity index (χ4n) is 16.1. The van der Waals surface area contributed by atoms with E-state index in [0.29, 0.717) is 46.8 Å². The molecule has 4 atom stereocenters. The molecule has 123 heavy (non-hydrogen) atoms. The van der Waals surface area contributed by atoms with Gasteiger partial charge in [0.25, 0.3) is 23.6 Å². The number of aromatic nitrogens is 12. The van der Waals surface area contributed by atoms with Crippen LogP contribution >= 0.6 is 0 Å². The molecule has 2 bridgehead atoms. The summed E-state index contributed by atoms with van der Waals surface area (Å²) < 4.78 is 7.77. The Balaban J connectivity index is 0.000000117. The summed E-state index contributed by atoms with van der Waals surface area (Å²) in [6.45, 7) is 4.44. The van der Waals surface area contributed by atoms with Crippen LogP contribution in [-0.4, -0.2) is 119 Å². The molecule has 29 heteroatoms. The molecule has 3 aliphatic carbocycles. The van der Waals surface area contributed by atoms with Crippen molar-refractivity contribution in [3.8, 4) is 45.0 Å². The largest absolute Gasteiger partial charge is 0.352 e. The molecular weight excluding hydrogens is 1550 g/mol. The quantitative estimate of drug-likeness (QED) is 0.0318. The zero-order chi connectivity index (χ0) is 84.3. The molecular formula is C94H89N21O8. The second-order valence-corrected chi connectivity index (χ2v) is 30.9. The Bertz CT molecular complexity index is 6770. The fraction of sp³-hybridized carbons (Fsp3) is 0.191. The van der Waals surface area contributed by atoms with Crippen molar-refractivity contribution in [2.75, 3.05) is 40.9 Å². The molecule has 4 amide bonds. The number of imidazole rings is 4. The average molecular weight is 1640 g/mol. The van der Waals surface area contributed by atoms with Crippen molar-refractivity contribution < 1.29 is 19.2 Å². The predicted octanol–water partition coefficient (Wildman–Crippen LogP) is 14.2. The summed E-state index contributed by atoms with van der Waals surface area (Å²) in [7, 11) is 0. The van der Waals surface area contributed by atoms with Crippen molar-refractivity contribution in [3.05, 3.63) is 332 Å². The number of amides is 4. The van der Waals surface area contributed by atoms with Gasteiger partial charge in [-0.3, -0.25) is 56.0 Å². The molecule has 0 spiro atoms. The van der Waals surface area contributed by atoms with Gasteiger partial charge in [-0.2, -0.15) is 0 Å². The molecule has 16 aromatic rings. The third kappa shape index (κ3) is 18.5. The highest BCUT2D eigenvalue weighted by Gasteiger charge is 2.40. The first-order valence-electron chi connectivity index (χ1n) is 41.1. The highest BCUT2D eigenvalue weighted by Crippen LogP contribution is 2.45. The standard InChI is InChI=1S/C26H25N5O2.C23H22N6O2.C23H21N5O2.C22H21N5O2/c32-24-15-19(9-10-27-24)23-8-7-21(25-28-11-12-31(23)25)29-20-5-3-17(4-6-20)26(33)30-22-14-16-1-2-18(22)13-16;30-21-13-16(7-10-25-21)20-6-5-19(22-26-11-12-29(20)22)27-17-3-1-15(2-4-17)23(31)28-18-8-9-24-14-18;29-21-14-16(10-11-24-21)20-9-8-19(22-25-12-13-28(20)22)26-18-6-4-15(5-7-18)23(30)27-17-2-1-3-17;1-2-10-25-22(29)15-3-5-17(6-4-15)26-18-7-8-19(27-13-12-24-21(18)27)16-9-11-23-20(28)14-16/h3-12,15-16,18,22,29H,1-2,13-14H2,(H,27,32)(H,30,33);1-7,10-13,18,24,27H,8-9,14H2,(H,25,30)(H,28,31);4-14,17,26H,1-3H2,(H,24,29)(H,27,30);3-9,11-14,26H,2,10H2,1H3,(H,23,28)(H,25,29). The van der Waals surface area contributed by atoms with Crippen LogP contribution in [0.1, 0.15) is 106 Å². The normalized spacial score (nSPS) is 15.6. The van der Waals surface area contributed by atoms with Crippen LogP contribution in [0.5, 0.6) is 0 Å². The predicted molar refractivity (Wildman–Crippen MR) is 477 cm³/mol. The van der Waals surface area contributed by atoms with Crippen molar-refractivity contribution >= 4 is 91.7 Å². The molecule has 13 N–H and O–H groups in total. The van der Waals surface area contributed by atoms with E-state index in [-0.39, 0.29) is 51.9 Å². The smallest absolute Gasteiger partial charge is 0.251 e. The molecule has 4 aromatic carbocycles. The lowest BCUT2D eigenvalue weighted by atomic mass is 9.93. The monoisotopic (exact) mass is 1640 g/mol. The van der Waals surface area contributed by atoms with E-state index in [1.807, 2.05) is 207 Å². The van der Waals surface area contributed by atoms with Crippen LogP contribution in [0.15, 0.2) is 288 Å². The topological polar surface area (TPSA) is 377 Å². The summed E-state index contributed by atoms with van der Waals surface area (Å²) in [5.74, 6) is 1.32. The number of pyridine rings is 8. The van der Waals surface area contributed by atoms with Crippen LogP contribution in [0, 0.1) is 11.8 Å². The molecule has 0 radical (unpaired) electrons. The lowest BCUT2D eigenvalue weighted by molar-refractivity contribution is 0.0910. The molecule has 1 saturated heterocycles. The van der Waals surface area contributed by atoms with Gasteiger partial charge in [-0.05, 0) is 240 Å². The van der Waals surface area contributed by atoms with E-state index in [9.17, 15) is 38.4 Å². The minimum atomic E-state index is -0.152. The van der Waals surface area contributed by atoms with Crippen LogP contribution in [0.4, 0.5) is 45.5 Å².